The van der Waals surface area contributed by atoms with Crippen molar-refractivity contribution in [2.75, 3.05) is 0 Å². The Kier molecular flexibility index (Phi) is 3.49. The molecule has 0 aliphatic carbocycles. The third kappa shape index (κ3) is 2.75. The van der Waals surface area contributed by atoms with Crippen LogP contribution in [0.1, 0.15) is 17.9 Å². The molecule has 1 atom stereocenters. The van der Waals surface area contributed by atoms with Gasteiger partial charge in [0.2, 0.25) is 0 Å². The van der Waals surface area contributed by atoms with E-state index in [0.717, 1.165) is 0 Å². The molecule has 1 N–H and O–H groups in total. The molecule has 0 aliphatic rings. The van der Waals surface area contributed by atoms with Crippen LogP contribution in [0.4, 0.5) is 0 Å². The molecule has 1 aromatic rings. The number of carbonyl (C=O) groups is 1. The fourth-order valence-electron chi connectivity index (χ4n) is 1.14. The molecule has 1 unspecified atom stereocenters. The number of halogens is 1. The summed E-state index contributed by atoms with van der Waals surface area (Å²) in [4.78, 5) is 10.4. The van der Waals surface area contributed by atoms with Gasteiger partial charge in [-0.05, 0) is 17.7 Å². The Morgan fingerprint density at radius 2 is 2.36 bits per heavy atom. The molecule has 0 aromatic heterocycles. The van der Waals surface area contributed by atoms with Crippen LogP contribution in [0, 0.1) is 11.3 Å². The van der Waals surface area contributed by atoms with E-state index in [1.807, 2.05) is 6.07 Å². The van der Waals surface area contributed by atoms with Gasteiger partial charge < -0.3 is 5.11 Å². The van der Waals surface area contributed by atoms with Gasteiger partial charge in [0.25, 0.3) is 0 Å². The molecule has 14 heavy (non-hydrogen) atoms. The van der Waals surface area contributed by atoms with Gasteiger partial charge in [0.1, 0.15) is 0 Å². The lowest BCUT2D eigenvalue weighted by Gasteiger charge is -2.06. The van der Waals surface area contributed by atoms with Crippen LogP contribution in [0.5, 0.6) is 0 Å². The summed E-state index contributed by atoms with van der Waals surface area (Å²) in [5, 5.41) is 17.8. The maximum Gasteiger partial charge on any atom is 0.305 e. The van der Waals surface area contributed by atoms with Crippen molar-refractivity contribution in [2.24, 2.45) is 0 Å². The van der Waals surface area contributed by atoms with Gasteiger partial charge in [0, 0.05) is 5.02 Å². The van der Waals surface area contributed by atoms with Crippen LogP contribution in [0.15, 0.2) is 24.3 Å². The molecular formula is C10H8ClNO2. The first-order valence-corrected chi connectivity index (χ1v) is 4.38. The van der Waals surface area contributed by atoms with E-state index in [-0.39, 0.29) is 6.42 Å². The molecule has 0 fully saturated rings. The predicted octanol–water partition coefficient (Wildman–Crippen LogP) is 2.42. The van der Waals surface area contributed by atoms with E-state index in [4.69, 9.17) is 22.0 Å². The molecule has 0 bridgehead atoms. The molecule has 1 rings (SSSR count). The van der Waals surface area contributed by atoms with E-state index in [1.54, 1.807) is 24.3 Å². The van der Waals surface area contributed by atoms with Crippen molar-refractivity contribution in [2.45, 2.75) is 12.3 Å². The Hall–Kier alpha value is -1.53. The maximum absolute atomic E-state index is 10.4. The number of hydrogen-bond acceptors (Lipinski definition) is 2. The van der Waals surface area contributed by atoms with Crippen LogP contribution in [0.2, 0.25) is 5.02 Å². The van der Waals surface area contributed by atoms with E-state index in [0.29, 0.717) is 10.6 Å². The zero-order valence-electron chi connectivity index (χ0n) is 7.27. The van der Waals surface area contributed by atoms with Crippen LogP contribution < -0.4 is 0 Å². The molecule has 0 saturated heterocycles. The number of nitriles is 1. The fraction of sp³-hybridized carbons (Fsp3) is 0.200. The van der Waals surface area contributed by atoms with Crippen molar-refractivity contribution in [1.29, 1.82) is 5.26 Å². The molecule has 72 valence electrons. The van der Waals surface area contributed by atoms with Crippen LogP contribution in [0.25, 0.3) is 0 Å². The molecule has 0 heterocycles. The van der Waals surface area contributed by atoms with Crippen molar-refractivity contribution in [3.05, 3.63) is 34.9 Å². The van der Waals surface area contributed by atoms with Crippen molar-refractivity contribution < 1.29 is 9.90 Å². The minimum atomic E-state index is -0.989. The minimum absolute atomic E-state index is 0.198. The molecule has 4 heteroatoms. The summed E-state index contributed by atoms with van der Waals surface area (Å²) in [5.41, 5.74) is 0.641. The molecular weight excluding hydrogens is 202 g/mol. The summed E-state index contributed by atoms with van der Waals surface area (Å²) >= 11 is 5.73. The van der Waals surface area contributed by atoms with Crippen LogP contribution in [0.3, 0.4) is 0 Å². The van der Waals surface area contributed by atoms with Gasteiger partial charge in [-0.3, -0.25) is 4.79 Å². The van der Waals surface area contributed by atoms with Gasteiger partial charge >= 0.3 is 5.97 Å². The second-order valence-corrected chi connectivity index (χ2v) is 3.27. The summed E-state index contributed by atoms with van der Waals surface area (Å²) in [6, 6.07) is 8.62. The highest BCUT2D eigenvalue weighted by molar-refractivity contribution is 6.30. The van der Waals surface area contributed by atoms with E-state index >= 15 is 0 Å². The molecule has 3 nitrogen and oxygen atoms in total. The SMILES string of the molecule is N#CC(CC(=O)O)c1cccc(Cl)c1. The summed E-state index contributed by atoms with van der Waals surface area (Å²) in [6.07, 6.45) is -0.198. The number of hydrogen-bond donors (Lipinski definition) is 1. The monoisotopic (exact) mass is 209 g/mol. The standard InChI is InChI=1S/C10H8ClNO2/c11-9-3-1-2-7(4-9)8(6-12)5-10(13)14/h1-4,8H,5H2,(H,13,14). The first kappa shape index (κ1) is 10.6. The lowest BCUT2D eigenvalue weighted by Crippen LogP contribution is -2.04. The van der Waals surface area contributed by atoms with Crippen LogP contribution >= 0.6 is 11.6 Å². The molecule has 1 aromatic carbocycles. The smallest absolute Gasteiger partial charge is 0.305 e. The molecule has 0 saturated carbocycles. The Balaban J connectivity index is 2.90. The van der Waals surface area contributed by atoms with Crippen molar-refractivity contribution >= 4 is 17.6 Å². The summed E-state index contributed by atoms with van der Waals surface area (Å²) in [6.45, 7) is 0. The van der Waals surface area contributed by atoms with E-state index in [1.165, 1.54) is 0 Å². The Labute approximate surface area is 86.5 Å². The highest BCUT2D eigenvalue weighted by atomic mass is 35.5. The van der Waals surface area contributed by atoms with Crippen molar-refractivity contribution in [3.8, 4) is 6.07 Å². The number of carboxylic acids is 1. The summed E-state index contributed by atoms with van der Waals surface area (Å²) < 4.78 is 0. The van der Waals surface area contributed by atoms with Gasteiger partial charge in [-0.1, -0.05) is 23.7 Å². The Morgan fingerprint density at radius 1 is 1.64 bits per heavy atom. The lowest BCUT2D eigenvalue weighted by molar-refractivity contribution is -0.137. The average Bonchev–Trinajstić information content (AvgIpc) is 2.14. The topological polar surface area (TPSA) is 61.1 Å². The second kappa shape index (κ2) is 4.64. The Morgan fingerprint density at radius 3 is 2.86 bits per heavy atom. The van der Waals surface area contributed by atoms with Gasteiger partial charge in [-0.2, -0.15) is 5.26 Å². The molecule has 0 aliphatic heterocycles. The quantitative estimate of drug-likeness (QED) is 0.832. The zero-order chi connectivity index (χ0) is 10.6. The van der Waals surface area contributed by atoms with Crippen molar-refractivity contribution in [3.63, 3.8) is 0 Å². The molecule has 0 spiro atoms. The fourth-order valence-corrected chi connectivity index (χ4v) is 1.33. The number of rotatable bonds is 3. The normalized spacial score (nSPS) is 11.7. The van der Waals surface area contributed by atoms with E-state index in [9.17, 15) is 4.79 Å². The first-order chi connectivity index (χ1) is 6.63. The minimum Gasteiger partial charge on any atom is -0.481 e. The van der Waals surface area contributed by atoms with E-state index < -0.39 is 11.9 Å². The second-order valence-electron chi connectivity index (χ2n) is 2.83. The Bertz CT molecular complexity index is 384. The average molecular weight is 210 g/mol. The van der Waals surface area contributed by atoms with Gasteiger partial charge in [0.05, 0.1) is 18.4 Å². The molecule has 0 amide bonds. The van der Waals surface area contributed by atoms with Crippen molar-refractivity contribution in [1.82, 2.24) is 0 Å². The highest BCUT2D eigenvalue weighted by Gasteiger charge is 2.14. The maximum atomic E-state index is 10.4. The van der Waals surface area contributed by atoms with Crippen LogP contribution in [-0.4, -0.2) is 11.1 Å². The first-order valence-electron chi connectivity index (χ1n) is 4.00. The van der Waals surface area contributed by atoms with Gasteiger partial charge in [0.15, 0.2) is 0 Å². The number of carboxylic acid groups (broad SMARTS) is 1. The predicted molar refractivity (Wildman–Crippen MR) is 52.1 cm³/mol. The number of aliphatic carboxylic acids is 1. The third-order valence-electron chi connectivity index (χ3n) is 1.79. The van der Waals surface area contributed by atoms with E-state index in [2.05, 4.69) is 0 Å². The highest BCUT2D eigenvalue weighted by Crippen LogP contribution is 2.21. The number of nitrogens with zero attached hydrogens (tertiary/aromatic N) is 1. The third-order valence-corrected chi connectivity index (χ3v) is 2.02. The zero-order valence-corrected chi connectivity index (χ0v) is 8.03. The lowest BCUT2D eigenvalue weighted by atomic mass is 9.97. The largest absolute Gasteiger partial charge is 0.481 e. The summed E-state index contributed by atoms with van der Waals surface area (Å²) in [5.74, 6) is -1.62. The molecule has 0 radical (unpaired) electrons. The number of benzene rings is 1. The van der Waals surface area contributed by atoms with Gasteiger partial charge in [-0.25, -0.2) is 0 Å². The van der Waals surface area contributed by atoms with Gasteiger partial charge in [-0.15, -0.1) is 0 Å². The summed E-state index contributed by atoms with van der Waals surface area (Å²) in [7, 11) is 0. The van der Waals surface area contributed by atoms with Crippen LogP contribution in [-0.2, 0) is 4.79 Å².